The Morgan fingerprint density at radius 1 is 1.53 bits per heavy atom. The molecule has 0 saturated carbocycles. The van der Waals surface area contributed by atoms with Gasteiger partial charge in [0.1, 0.15) is 11.6 Å². The van der Waals surface area contributed by atoms with E-state index < -0.39 is 0 Å². The van der Waals surface area contributed by atoms with E-state index in [2.05, 4.69) is 13.8 Å². The van der Waals surface area contributed by atoms with E-state index in [0.29, 0.717) is 21.6 Å². The van der Waals surface area contributed by atoms with Gasteiger partial charge in [-0.15, -0.1) is 0 Å². The number of hydrogen-bond acceptors (Lipinski definition) is 2. The number of carbonyl (C=O) groups excluding carboxylic acids is 1. The highest BCUT2D eigenvalue weighted by molar-refractivity contribution is 8.00. The molecule has 4 heteroatoms. The number of rotatable bonds is 6. The molecule has 1 rings (SSSR count). The van der Waals surface area contributed by atoms with Gasteiger partial charge in [-0.1, -0.05) is 25.4 Å². The summed E-state index contributed by atoms with van der Waals surface area (Å²) in [5.41, 5.74) is 0.382. The predicted octanol–water partition coefficient (Wildman–Crippen LogP) is 4.12. The second kappa shape index (κ2) is 7.02. The van der Waals surface area contributed by atoms with Crippen molar-refractivity contribution in [2.45, 2.75) is 31.9 Å². The lowest BCUT2D eigenvalue weighted by Crippen LogP contribution is -2.09. The van der Waals surface area contributed by atoms with Gasteiger partial charge in [0, 0.05) is 16.7 Å². The molecule has 0 amide bonds. The number of Topliss-reactive ketones (excluding diaryl/α,β-unsaturated/α-hetero) is 1. The van der Waals surface area contributed by atoms with Crippen molar-refractivity contribution in [1.29, 1.82) is 0 Å². The first-order valence-corrected chi connectivity index (χ1v) is 7.02. The first-order chi connectivity index (χ1) is 8.02. The Morgan fingerprint density at radius 3 is 2.88 bits per heavy atom. The summed E-state index contributed by atoms with van der Waals surface area (Å²) in [6.07, 6.45) is 1.15. The normalized spacial score (nSPS) is 12.5. The Labute approximate surface area is 111 Å². The number of benzene rings is 1. The summed E-state index contributed by atoms with van der Waals surface area (Å²) < 4.78 is 13.4. The Morgan fingerprint density at radius 2 is 2.24 bits per heavy atom. The molecule has 0 aliphatic heterocycles. The molecule has 0 bridgehead atoms. The molecule has 0 aromatic heterocycles. The highest BCUT2D eigenvalue weighted by Crippen LogP contribution is 2.18. The molecule has 0 saturated heterocycles. The molecule has 1 nitrogen and oxygen atoms in total. The van der Waals surface area contributed by atoms with Crippen LogP contribution < -0.4 is 0 Å². The second-order valence-electron chi connectivity index (χ2n) is 3.98. The van der Waals surface area contributed by atoms with Gasteiger partial charge in [0.15, 0.2) is 0 Å². The fourth-order valence-electron chi connectivity index (χ4n) is 1.30. The van der Waals surface area contributed by atoms with Crippen LogP contribution in [0.15, 0.2) is 18.2 Å². The maximum absolute atomic E-state index is 13.4. The third-order valence-corrected chi connectivity index (χ3v) is 4.13. The molecule has 0 aliphatic rings. The zero-order valence-corrected chi connectivity index (χ0v) is 11.6. The number of halogens is 2. The number of hydrogen-bond donors (Lipinski definition) is 0. The van der Waals surface area contributed by atoms with Gasteiger partial charge in [0.2, 0.25) is 0 Å². The van der Waals surface area contributed by atoms with Crippen molar-refractivity contribution in [1.82, 2.24) is 0 Å². The Balaban J connectivity index is 2.53. The van der Waals surface area contributed by atoms with Crippen molar-refractivity contribution >= 4 is 29.1 Å². The number of carbonyl (C=O) groups is 1. The minimum Gasteiger partial charge on any atom is -0.298 e. The van der Waals surface area contributed by atoms with Crippen molar-refractivity contribution < 1.29 is 9.18 Å². The summed E-state index contributed by atoms with van der Waals surface area (Å²) in [7, 11) is 0. The van der Waals surface area contributed by atoms with Crippen molar-refractivity contribution in [3.05, 3.63) is 34.6 Å². The van der Waals surface area contributed by atoms with Crippen molar-refractivity contribution in [2.75, 3.05) is 5.75 Å². The molecule has 0 heterocycles. The second-order valence-corrected chi connectivity index (χ2v) is 5.84. The van der Waals surface area contributed by atoms with Crippen LogP contribution in [0.4, 0.5) is 4.39 Å². The summed E-state index contributed by atoms with van der Waals surface area (Å²) in [4.78, 5) is 11.7. The maximum atomic E-state index is 13.4. The summed E-state index contributed by atoms with van der Waals surface area (Å²) in [5, 5.41) is 0.923. The van der Waals surface area contributed by atoms with Gasteiger partial charge in [-0.25, -0.2) is 4.39 Å². The summed E-state index contributed by atoms with van der Waals surface area (Å²) in [5.74, 6) is 0.105. The van der Waals surface area contributed by atoms with Crippen LogP contribution in [0.2, 0.25) is 5.02 Å². The van der Waals surface area contributed by atoms with Gasteiger partial charge < -0.3 is 0 Å². The van der Waals surface area contributed by atoms with Crippen LogP contribution in [0.25, 0.3) is 0 Å². The van der Waals surface area contributed by atoms with Gasteiger partial charge in [-0.05, 0) is 30.2 Å². The van der Waals surface area contributed by atoms with Gasteiger partial charge in [0.25, 0.3) is 0 Å². The Kier molecular flexibility index (Phi) is 6.00. The minimum atomic E-state index is -0.365. The topological polar surface area (TPSA) is 17.1 Å². The van der Waals surface area contributed by atoms with Crippen molar-refractivity contribution in [3.8, 4) is 0 Å². The third-order valence-electron chi connectivity index (χ3n) is 2.50. The van der Waals surface area contributed by atoms with Gasteiger partial charge in [0.05, 0.1) is 5.75 Å². The first kappa shape index (κ1) is 14.5. The lowest BCUT2D eigenvalue weighted by atomic mass is 10.1. The first-order valence-electron chi connectivity index (χ1n) is 5.60. The zero-order chi connectivity index (χ0) is 12.8. The molecule has 0 aliphatic carbocycles. The van der Waals surface area contributed by atoms with Crippen LogP contribution in [0, 0.1) is 5.82 Å². The average Bonchev–Trinajstić information content (AvgIpc) is 2.30. The predicted molar refractivity (Wildman–Crippen MR) is 72.3 cm³/mol. The van der Waals surface area contributed by atoms with E-state index in [1.54, 1.807) is 11.8 Å². The quantitative estimate of drug-likeness (QED) is 0.776. The number of thioether (sulfide) groups is 1. The van der Waals surface area contributed by atoms with E-state index in [1.165, 1.54) is 18.2 Å². The molecular weight excluding hydrogens is 259 g/mol. The highest BCUT2D eigenvalue weighted by atomic mass is 35.5. The van der Waals surface area contributed by atoms with Crippen LogP contribution in [0.1, 0.15) is 25.8 Å². The van der Waals surface area contributed by atoms with E-state index in [9.17, 15) is 9.18 Å². The summed E-state index contributed by atoms with van der Waals surface area (Å²) in [6, 6.07) is 4.30. The molecule has 17 heavy (non-hydrogen) atoms. The standard InChI is InChI=1S/C13H16ClFOS/c1-3-9(2)17-8-12(16)7-10-6-11(14)4-5-13(10)15/h4-6,9H,3,7-8H2,1-2H3. The smallest absolute Gasteiger partial charge is 0.147 e. The lowest BCUT2D eigenvalue weighted by molar-refractivity contribution is -0.116. The zero-order valence-electron chi connectivity index (χ0n) is 10.0. The average molecular weight is 275 g/mol. The molecule has 1 aromatic rings. The molecule has 1 atom stereocenters. The summed E-state index contributed by atoms with van der Waals surface area (Å²) in [6.45, 7) is 4.16. The Bertz CT molecular complexity index is 395. The van der Waals surface area contributed by atoms with Crippen LogP contribution in [-0.2, 0) is 11.2 Å². The third kappa shape index (κ3) is 5.09. The molecular formula is C13H16ClFOS. The minimum absolute atomic E-state index is 0.0384. The number of ketones is 1. The molecule has 1 unspecified atom stereocenters. The van der Waals surface area contributed by atoms with E-state index >= 15 is 0 Å². The SMILES string of the molecule is CCC(C)SCC(=O)Cc1cc(Cl)ccc1F. The van der Waals surface area contributed by atoms with Gasteiger partial charge in [-0.2, -0.15) is 11.8 Å². The molecule has 0 fully saturated rings. The van der Waals surface area contributed by atoms with Crippen molar-refractivity contribution in [3.63, 3.8) is 0 Å². The lowest BCUT2D eigenvalue weighted by Gasteiger charge is -2.07. The van der Waals surface area contributed by atoms with E-state index in [-0.39, 0.29) is 18.0 Å². The van der Waals surface area contributed by atoms with Crippen LogP contribution >= 0.6 is 23.4 Å². The van der Waals surface area contributed by atoms with Crippen LogP contribution in [0.3, 0.4) is 0 Å². The molecule has 0 radical (unpaired) electrons. The van der Waals surface area contributed by atoms with E-state index in [4.69, 9.17) is 11.6 Å². The monoisotopic (exact) mass is 274 g/mol. The maximum Gasteiger partial charge on any atom is 0.147 e. The molecule has 0 N–H and O–H groups in total. The molecule has 0 spiro atoms. The van der Waals surface area contributed by atoms with Gasteiger partial charge in [-0.3, -0.25) is 4.79 Å². The van der Waals surface area contributed by atoms with Crippen LogP contribution in [-0.4, -0.2) is 16.8 Å². The van der Waals surface area contributed by atoms with Gasteiger partial charge >= 0.3 is 0 Å². The molecule has 1 aromatic carbocycles. The largest absolute Gasteiger partial charge is 0.298 e. The fraction of sp³-hybridized carbons (Fsp3) is 0.462. The van der Waals surface area contributed by atoms with Crippen molar-refractivity contribution in [2.24, 2.45) is 0 Å². The summed E-state index contributed by atoms with van der Waals surface area (Å²) >= 11 is 7.38. The fourth-order valence-corrected chi connectivity index (χ4v) is 2.30. The highest BCUT2D eigenvalue weighted by Gasteiger charge is 2.10. The molecule has 94 valence electrons. The van der Waals surface area contributed by atoms with E-state index in [0.717, 1.165) is 6.42 Å². The Hall–Kier alpha value is -0.540. The van der Waals surface area contributed by atoms with Crippen LogP contribution in [0.5, 0.6) is 0 Å². The van der Waals surface area contributed by atoms with E-state index in [1.807, 2.05) is 0 Å².